The molecule has 2 rings (SSSR count). The van der Waals surface area contributed by atoms with Gasteiger partial charge >= 0.3 is 0 Å². The molecule has 0 bridgehead atoms. The van der Waals surface area contributed by atoms with Gasteiger partial charge in [0.2, 0.25) is 0 Å². The molecular weight excluding hydrogens is 362 g/mol. The third-order valence-corrected chi connectivity index (χ3v) is 5.85. The number of nitrogens with zero attached hydrogens (tertiary/aromatic N) is 3. The molecule has 118 valence electrons. The fraction of sp³-hybridized carbons (Fsp3) is 0.467. The van der Waals surface area contributed by atoms with E-state index in [1.807, 2.05) is 0 Å². The maximum Gasteiger partial charge on any atom is 0.274 e. The highest BCUT2D eigenvalue weighted by Gasteiger charge is 2.16. The van der Waals surface area contributed by atoms with E-state index in [0.717, 1.165) is 15.9 Å². The number of nitriles is 1. The lowest BCUT2D eigenvalue weighted by Gasteiger charge is -2.16. The molecule has 7 heteroatoms. The van der Waals surface area contributed by atoms with E-state index in [0.29, 0.717) is 17.8 Å². The van der Waals surface area contributed by atoms with Gasteiger partial charge in [0.1, 0.15) is 24.0 Å². The number of halogens is 1. The van der Waals surface area contributed by atoms with Crippen LogP contribution in [0.15, 0.2) is 21.5 Å². The number of aryl methyl sites for hydroxylation is 1. The molecule has 0 aliphatic heterocycles. The second kappa shape index (κ2) is 6.40. The third kappa shape index (κ3) is 3.51. The summed E-state index contributed by atoms with van der Waals surface area (Å²) in [6, 6.07) is 4.91. The van der Waals surface area contributed by atoms with Gasteiger partial charge in [0.05, 0.1) is 0 Å². The van der Waals surface area contributed by atoms with Crippen LogP contribution < -0.4 is 5.56 Å². The fourth-order valence-electron chi connectivity index (χ4n) is 2.19. The topological polar surface area (TPSA) is 59.9 Å². The smallest absolute Gasteiger partial charge is 0.274 e. The normalized spacial score (nSPS) is 11.8. The van der Waals surface area contributed by atoms with Gasteiger partial charge in [0.25, 0.3) is 5.56 Å². The molecule has 2 heterocycles. The van der Waals surface area contributed by atoms with Crippen LogP contribution in [0.4, 0.5) is 0 Å². The second-order valence-electron chi connectivity index (χ2n) is 6.57. The van der Waals surface area contributed by atoms with Gasteiger partial charge in [-0.3, -0.25) is 4.79 Å². The molecule has 0 unspecified atom stereocenters. The van der Waals surface area contributed by atoms with Crippen LogP contribution in [0.5, 0.6) is 0 Å². The number of aromatic nitrogens is 2. The SMILES string of the molecule is Cn1cc(Br)c2cc(C#N)n(COCC[Si](C)(C)C)c2c1=O. The van der Waals surface area contributed by atoms with Gasteiger partial charge in [-0.2, -0.15) is 5.26 Å². The third-order valence-electron chi connectivity index (χ3n) is 3.52. The summed E-state index contributed by atoms with van der Waals surface area (Å²) in [6.45, 7) is 7.73. The molecule has 0 N–H and O–H groups in total. The zero-order chi connectivity index (χ0) is 16.5. The Bertz CT molecular complexity index is 796. The maximum atomic E-state index is 12.4. The molecule has 0 amide bonds. The summed E-state index contributed by atoms with van der Waals surface area (Å²) in [5.74, 6) is 0. The van der Waals surface area contributed by atoms with Crippen molar-refractivity contribution in [3.05, 3.63) is 32.8 Å². The van der Waals surface area contributed by atoms with Crippen molar-refractivity contribution in [3.8, 4) is 6.07 Å². The number of pyridine rings is 1. The first-order chi connectivity index (χ1) is 10.2. The first-order valence-electron chi connectivity index (χ1n) is 7.11. The molecule has 0 saturated heterocycles. The molecule has 22 heavy (non-hydrogen) atoms. The lowest BCUT2D eigenvalue weighted by atomic mass is 10.3. The van der Waals surface area contributed by atoms with Gasteiger partial charge in [-0.05, 0) is 28.0 Å². The van der Waals surface area contributed by atoms with Crippen LogP contribution in [0.3, 0.4) is 0 Å². The molecule has 2 aromatic heterocycles. The molecule has 0 fully saturated rings. The Kier molecular flexibility index (Phi) is 4.95. The highest BCUT2D eigenvalue weighted by Crippen LogP contribution is 2.24. The van der Waals surface area contributed by atoms with Gasteiger partial charge in [0.15, 0.2) is 0 Å². The summed E-state index contributed by atoms with van der Waals surface area (Å²) in [5.41, 5.74) is 0.807. The van der Waals surface area contributed by atoms with Crippen LogP contribution in [-0.2, 0) is 18.5 Å². The van der Waals surface area contributed by atoms with E-state index >= 15 is 0 Å². The van der Waals surface area contributed by atoms with Crippen LogP contribution in [-0.4, -0.2) is 23.8 Å². The van der Waals surface area contributed by atoms with Crippen LogP contribution in [0.25, 0.3) is 10.9 Å². The van der Waals surface area contributed by atoms with Crippen molar-refractivity contribution in [3.63, 3.8) is 0 Å². The Labute approximate surface area is 139 Å². The summed E-state index contributed by atoms with van der Waals surface area (Å²) in [7, 11) is 0.540. The van der Waals surface area contributed by atoms with Gasteiger partial charge < -0.3 is 13.9 Å². The Hall–Kier alpha value is -1.36. The largest absolute Gasteiger partial charge is 0.361 e. The van der Waals surface area contributed by atoms with Crippen molar-refractivity contribution in [1.82, 2.24) is 9.13 Å². The van der Waals surface area contributed by atoms with Crippen LogP contribution in [0.1, 0.15) is 5.69 Å². The van der Waals surface area contributed by atoms with Crippen molar-refractivity contribution in [1.29, 1.82) is 5.26 Å². The van der Waals surface area contributed by atoms with E-state index in [4.69, 9.17) is 4.74 Å². The predicted octanol–water partition coefficient (Wildman–Crippen LogP) is 3.29. The summed E-state index contributed by atoms with van der Waals surface area (Å²) in [4.78, 5) is 12.4. The Morgan fingerprint density at radius 3 is 2.68 bits per heavy atom. The molecule has 0 spiro atoms. The number of rotatable bonds is 5. The molecule has 0 aliphatic rings. The lowest BCUT2D eigenvalue weighted by Crippen LogP contribution is -2.23. The highest BCUT2D eigenvalue weighted by atomic mass is 79.9. The number of hydrogen-bond donors (Lipinski definition) is 0. The quantitative estimate of drug-likeness (QED) is 0.589. The Balaban J connectivity index is 2.36. The first-order valence-corrected chi connectivity index (χ1v) is 11.6. The molecule has 2 aromatic rings. The van der Waals surface area contributed by atoms with E-state index in [-0.39, 0.29) is 12.3 Å². The average molecular weight is 382 g/mol. The minimum absolute atomic E-state index is 0.131. The lowest BCUT2D eigenvalue weighted by molar-refractivity contribution is 0.0895. The predicted molar refractivity (Wildman–Crippen MR) is 93.7 cm³/mol. The van der Waals surface area contributed by atoms with Crippen molar-refractivity contribution in [2.24, 2.45) is 7.05 Å². The minimum atomic E-state index is -1.16. The Morgan fingerprint density at radius 2 is 2.09 bits per heavy atom. The van der Waals surface area contributed by atoms with E-state index in [9.17, 15) is 10.1 Å². The van der Waals surface area contributed by atoms with Crippen molar-refractivity contribution in [2.45, 2.75) is 32.4 Å². The van der Waals surface area contributed by atoms with Gasteiger partial charge in [-0.1, -0.05) is 19.6 Å². The Morgan fingerprint density at radius 1 is 1.41 bits per heavy atom. The first kappa shape index (κ1) is 17.0. The molecule has 0 aliphatic carbocycles. The monoisotopic (exact) mass is 381 g/mol. The van der Waals surface area contributed by atoms with Gasteiger partial charge in [-0.25, -0.2) is 0 Å². The van der Waals surface area contributed by atoms with Crippen molar-refractivity contribution in [2.75, 3.05) is 6.61 Å². The molecular formula is C15H20BrN3O2Si. The molecule has 5 nitrogen and oxygen atoms in total. The zero-order valence-electron chi connectivity index (χ0n) is 13.3. The van der Waals surface area contributed by atoms with Crippen molar-refractivity contribution < 1.29 is 4.74 Å². The van der Waals surface area contributed by atoms with Crippen LogP contribution in [0.2, 0.25) is 25.7 Å². The summed E-state index contributed by atoms with van der Waals surface area (Å²) in [6.07, 6.45) is 1.71. The number of ether oxygens (including phenoxy) is 1. The summed E-state index contributed by atoms with van der Waals surface area (Å²) < 4.78 is 9.68. The maximum absolute atomic E-state index is 12.4. The number of fused-ring (bicyclic) bond motifs is 1. The molecule has 0 aromatic carbocycles. The molecule has 0 atom stereocenters. The standard InChI is InChI=1S/C15H20BrN3O2Si/c1-18-9-13(16)12-7-11(8-17)19(14(12)15(18)20)10-21-5-6-22(2,3)4/h7,9H,5-6,10H2,1-4H3. The van der Waals surface area contributed by atoms with E-state index < -0.39 is 8.07 Å². The van der Waals surface area contributed by atoms with Crippen LogP contribution >= 0.6 is 15.9 Å². The van der Waals surface area contributed by atoms with E-state index in [1.165, 1.54) is 4.57 Å². The zero-order valence-corrected chi connectivity index (χ0v) is 15.9. The van der Waals surface area contributed by atoms with Crippen molar-refractivity contribution >= 4 is 34.9 Å². The van der Waals surface area contributed by atoms with E-state index in [2.05, 4.69) is 41.6 Å². The number of hydrogen-bond acceptors (Lipinski definition) is 3. The average Bonchev–Trinajstić information content (AvgIpc) is 2.79. The highest BCUT2D eigenvalue weighted by molar-refractivity contribution is 9.10. The van der Waals surface area contributed by atoms with Gasteiger partial charge in [0, 0.05) is 37.8 Å². The summed E-state index contributed by atoms with van der Waals surface area (Å²) >= 11 is 3.45. The summed E-state index contributed by atoms with van der Waals surface area (Å²) in [5, 5.41) is 10.1. The second-order valence-corrected chi connectivity index (χ2v) is 13.0. The molecule has 0 saturated carbocycles. The van der Waals surface area contributed by atoms with Gasteiger partial charge in [-0.15, -0.1) is 0 Å². The minimum Gasteiger partial charge on any atom is -0.361 e. The van der Waals surface area contributed by atoms with E-state index in [1.54, 1.807) is 23.9 Å². The van der Waals surface area contributed by atoms with Crippen LogP contribution in [0, 0.1) is 11.3 Å². The fourth-order valence-corrected chi connectivity index (χ4v) is 3.55. The molecule has 0 radical (unpaired) electrons.